The number of benzene rings is 1. The minimum Gasteiger partial charge on any atom is -0.225 e. The zero-order valence-electron chi connectivity index (χ0n) is 6.71. The molecule has 0 bridgehead atoms. The van der Waals surface area contributed by atoms with Gasteiger partial charge >= 0.3 is 0 Å². The normalized spacial score (nSPS) is 11.7. The van der Waals surface area contributed by atoms with Crippen LogP contribution < -0.4 is 5.14 Å². The Balaban J connectivity index is 3.56. The molecular formula is C7H7BrINO2S. The van der Waals surface area contributed by atoms with Crippen LogP contribution in [-0.2, 0) is 10.0 Å². The maximum absolute atomic E-state index is 11.1. The number of aryl methyl sites for hydroxylation is 1. The van der Waals surface area contributed by atoms with Gasteiger partial charge in [-0.1, -0.05) is 0 Å². The fraction of sp³-hybridized carbons (Fsp3) is 0.143. The monoisotopic (exact) mass is 375 g/mol. The summed E-state index contributed by atoms with van der Waals surface area (Å²) in [5, 5.41) is 5.04. The molecule has 0 amide bonds. The van der Waals surface area contributed by atoms with Crippen molar-refractivity contribution >= 4 is 48.5 Å². The molecule has 0 radical (unpaired) electrons. The molecule has 3 nitrogen and oxygen atoms in total. The summed E-state index contributed by atoms with van der Waals surface area (Å²) in [5.74, 6) is 0. The van der Waals surface area contributed by atoms with E-state index in [4.69, 9.17) is 5.14 Å². The van der Waals surface area contributed by atoms with E-state index < -0.39 is 10.0 Å². The third-order valence-electron chi connectivity index (χ3n) is 1.45. The summed E-state index contributed by atoms with van der Waals surface area (Å²) < 4.78 is 23.6. The van der Waals surface area contributed by atoms with Gasteiger partial charge < -0.3 is 0 Å². The lowest BCUT2D eigenvalue weighted by Crippen LogP contribution is -2.14. The first-order chi connectivity index (χ1) is 5.82. The van der Waals surface area contributed by atoms with Crippen LogP contribution in [-0.4, -0.2) is 8.42 Å². The molecule has 0 saturated heterocycles. The van der Waals surface area contributed by atoms with Crippen LogP contribution in [0.4, 0.5) is 0 Å². The van der Waals surface area contributed by atoms with Crippen LogP contribution in [0.2, 0.25) is 0 Å². The van der Waals surface area contributed by atoms with Crippen LogP contribution in [0, 0.1) is 10.5 Å². The predicted molar refractivity (Wildman–Crippen MR) is 63.0 cm³/mol. The van der Waals surface area contributed by atoms with E-state index in [1.165, 1.54) is 0 Å². The fourth-order valence-electron chi connectivity index (χ4n) is 0.900. The van der Waals surface area contributed by atoms with E-state index in [-0.39, 0.29) is 4.90 Å². The molecule has 6 heteroatoms. The number of rotatable bonds is 1. The van der Waals surface area contributed by atoms with E-state index in [1.807, 2.05) is 35.6 Å². The van der Waals surface area contributed by atoms with Gasteiger partial charge in [0.2, 0.25) is 10.0 Å². The van der Waals surface area contributed by atoms with Gasteiger partial charge in [0.25, 0.3) is 0 Å². The Labute approximate surface area is 99.0 Å². The summed E-state index contributed by atoms with van der Waals surface area (Å²) in [4.78, 5) is 0.167. The SMILES string of the molecule is Cc1cc(Br)c(I)c(S(N)(=O)=O)c1. The average Bonchev–Trinajstić information content (AvgIpc) is 1.94. The van der Waals surface area contributed by atoms with E-state index in [0.717, 1.165) is 10.0 Å². The molecule has 0 aliphatic carbocycles. The summed E-state index contributed by atoms with van der Waals surface area (Å²) >= 11 is 5.20. The van der Waals surface area contributed by atoms with Crippen molar-refractivity contribution in [3.63, 3.8) is 0 Å². The highest BCUT2D eigenvalue weighted by Gasteiger charge is 2.14. The smallest absolute Gasteiger partial charge is 0.225 e. The Morgan fingerprint density at radius 3 is 2.46 bits per heavy atom. The van der Waals surface area contributed by atoms with E-state index in [9.17, 15) is 8.42 Å². The quantitative estimate of drug-likeness (QED) is 0.763. The Morgan fingerprint density at radius 2 is 2.00 bits per heavy atom. The van der Waals surface area contributed by atoms with Gasteiger partial charge in [-0.25, -0.2) is 13.6 Å². The van der Waals surface area contributed by atoms with Crippen LogP contribution in [0.5, 0.6) is 0 Å². The minimum absolute atomic E-state index is 0.167. The molecule has 2 N–H and O–H groups in total. The van der Waals surface area contributed by atoms with E-state index in [2.05, 4.69) is 15.9 Å². The summed E-state index contributed by atoms with van der Waals surface area (Å²) in [7, 11) is -3.62. The molecule has 1 aromatic carbocycles. The van der Waals surface area contributed by atoms with Crippen LogP contribution >= 0.6 is 38.5 Å². The van der Waals surface area contributed by atoms with Gasteiger partial charge in [-0.2, -0.15) is 0 Å². The van der Waals surface area contributed by atoms with Gasteiger partial charge in [-0.3, -0.25) is 0 Å². The van der Waals surface area contributed by atoms with E-state index in [1.54, 1.807) is 6.07 Å². The molecule has 1 rings (SSSR count). The lowest BCUT2D eigenvalue weighted by molar-refractivity contribution is 0.597. The van der Waals surface area contributed by atoms with Gasteiger partial charge in [0.05, 0.1) is 4.90 Å². The predicted octanol–water partition coefficient (Wildman–Crippen LogP) is 2.01. The first-order valence-corrected chi connectivity index (χ1v) is 6.72. The Kier molecular flexibility index (Phi) is 3.37. The summed E-state index contributed by atoms with van der Waals surface area (Å²) in [6.45, 7) is 1.82. The van der Waals surface area contributed by atoms with Gasteiger partial charge in [-0.05, 0) is 63.1 Å². The van der Waals surface area contributed by atoms with Crippen LogP contribution in [0.3, 0.4) is 0 Å². The highest BCUT2D eigenvalue weighted by atomic mass is 127. The Morgan fingerprint density at radius 1 is 1.46 bits per heavy atom. The Hall–Kier alpha value is 0.340. The molecular weight excluding hydrogens is 369 g/mol. The lowest BCUT2D eigenvalue weighted by atomic mass is 10.2. The number of halogens is 2. The zero-order valence-corrected chi connectivity index (χ0v) is 11.3. The van der Waals surface area contributed by atoms with Crippen molar-refractivity contribution in [2.24, 2.45) is 5.14 Å². The van der Waals surface area contributed by atoms with Crippen molar-refractivity contribution in [1.82, 2.24) is 0 Å². The second kappa shape index (κ2) is 3.84. The van der Waals surface area contributed by atoms with Crippen molar-refractivity contribution in [1.29, 1.82) is 0 Å². The van der Waals surface area contributed by atoms with Crippen molar-refractivity contribution in [2.75, 3.05) is 0 Å². The highest BCUT2D eigenvalue weighted by Crippen LogP contribution is 2.26. The van der Waals surface area contributed by atoms with Crippen LogP contribution in [0.15, 0.2) is 21.5 Å². The van der Waals surface area contributed by atoms with Crippen molar-refractivity contribution < 1.29 is 8.42 Å². The molecule has 0 aliphatic heterocycles. The summed E-state index contributed by atoms with van der Waals surface area (Å²) in [6.07, 6.45) is 0. The number of nitrogens with two attached hydrogens (primary N) is 1. The molecule has 1 aromatic rings. The standard InChI is InChI=1S/C7H7BrINO2S/c1-4-2-5(8)7(9)6(3-4)13(10,11)12/h2-3H,1H3,(H2,10,11,12). The van der Waals surface area contributed by atoms with E-state index >= 15 is 0 Å². The topological polar surface area (TPSA) is 60.2 Å². The molecule has 0 unspecified atom stereocenters. The summed E-state index contributed by atoms with van der Waals surface area (Å²) in [6, 6.07) is 3.40. The molecule has 0 saturated carbocycles. The molecule has 0 atom stereocenters. The number of hydrogen-bond donors (Lipinski definition) is 1. The van der Waals surface area contributed by atoms with Crippen molar-refractivity contribution in [2.45, 2.75) is 11.8 Å². The van der Waals surface area contributed by atoms with Crippen LogP contribution in [0.25, 0.3) is 0 Å². The van der Waals surface area contributed by atoms with Crippen molar-refractivity contribution in [3.05, 3.63) is 25.7 Å². The van der Waals surface area contributed by atoms with Gasteiger partial charge in [0.15, 0.2) is 0 Å². The number of hydrogen-bond acceptors (Lipinski definition) is 2. The highest BCUT2D eigenvalue weighted by molar-refractivity contribution is 14.1. The maximum Gasteiger partial charge on any atom is 0.239 e. The van der Waals surface area contributed by atoms with Crippen LogP contribution in [0.1, 0.15) is 5.56 Å². The third kappa shape index (κ3) is 2.64. The van der Waals surface area contributed by atoms with Gasteiger partial charge in [0.1, 0.15) is 0 Å². The second-order valence-corrected chi connectivity index (χ2v) is 6.07. The first kappa shape index (κ1) is 11.4. The lowest BCUT2D eigenvalue weighted by Gasteiger charge is -2.05. The third-order valence-corrected chi connectivity index (χ3v) is 5.28. The number of primary sulfonamides is 1. The molecule has 13 heavy (non-hydrogen) atoms. The maximum atomic E-state index is 11.1. The number of sulfonamides is 1. The molecule has 0 aliphatic rings. The molecule has 0 fully saturated rings. The second-order valence-electron chi connectivity index (χ2n) is 2.60. The van der Waals surface area contributed by atoms with Gasteiger partial charge in [-0.15, -0.1) is 0 Å². The molecule has 0 spiro atoms. The molecule has 72 valence electrons. The van der Waals surface area contributed by atoms with E-state index in [0.29, 0.717) is 3.57 Å². The Bertz CT molecular complexity index is 444. The average molecular weight is 376 g/mol. The minimum atomic E-state index is -3.62. The fourth-order valence-corrected chi connectivity index (χ4v) is 3.55. The van der Waals surface area contributed by atoms with Gasteiger partial charge in [0, 0.05) is 8.04 Å². The first-order valence-electron chi connectivity index (χ1n) is 3.31. The van der Waals surface area contributed by atoms with Crippen molar-refractivity contribution in [3.8, 4) is 0 Å². The largest absolute Gasteiger partial charge is 0.239 e. The zero-order chi connectivity index (χ0) is 10.2. The molecule has 0 aromatic heterocycles. The molecule has 0 heterocycles. The summed E-state index contributed by atoms with van der Waals surface area (Å²) in [5.41, 5.74) is 0.858.